The van der Waals surface area contributed by atoms with Crippen LogP contribution in [0.4, 0.5) is 0 Å². The van der Waals surface area contributed by atoms with Crippen molar-refractivity contribution in [3.05, 3.63) is 28.0 Å². The first kappa shape index (κ1) is 15.4. The van der Waals surface area contributed by atoms with Gasteiger partial charge in [-0.25, -0.2) is 4.79 Å². The van der Waals surface area contributed by atoms with Gasteiger partial charge in [-0.05, 0) is 25.0 Å². The van der Waals surface area contributed by atoms with Gasteiger partial charge in [-0.15, -0.1) is 11.3 Å². The van der Waals surface area contributed by atoms with E-state index in [0.717, 1.165) is 23.8 Å². The van der Waals surface area contributed by atoms with Gasteiger partial charge < -0.3 is 10.0 Å². The first-order chi connectivity index (χ1) is 8.99. The van der Waals surface area contributed by atoms with Crippen LogP contribution in [-0.2, 0) is 4.79 Å². The molecule has 0 aliphatic heterocycles. The second-order valence-electron chi connectivity index (χ2n) is 4.30. The number of carbonyl (C=O) groups is 2. The monoisotopic (exact) mass is 281 g/mol. The van der Waals surface area contributed by atoms with Gasteiger partial charge in [0.15, 0.2) is 0 Å². The summed E-state index contributed by atoms with van der Waals surface area (Å²) in [4.78, 5) is 25.2. The average Bonchev–Trinajstić information content (AvgIpc) is 2.85. The lowest BCUT2D eigenvalue weighted by atomic mass is 10.1. The maximum absolute atomic E-state index is 12.2. The Morgan fingerprint density at radius 2 is 2.05 bits per heavy atom. The zero-order valence-electron chi connectivity index (χ0n) is 11.4. The fraction of sp³-hybridized carbons (Fsp3) is 0.429. The average molecular weight is 281 g/mol. The summed E-state index contributed by atoms with van der Waals surface area (Å²) in [5.41, 5.74) is 0.615. The van der Waals surface area contributed by atoms with E-state index < -0.39 is 5.97 Å². The third-order valence-corrected chi connectivity index (χ3v) is 3.97. The Bertz CT molecular complexity index is 475. The molecule has 0 aliphatic rings. The largest absolute Gasteiger partial charge is 0.478 e. The van der Waals surface area contributed by atoms with Crippen LogP contribution in [0.2, 0.25) is 0 Å². The van der Waals surface area contributed by atoms with E-state index in [9.17, 15) is 9.59 Å². The summed E-state index contributed by atoms with van der Waals surface area (Å²) in [5.74, 6) is -1.00. The molecule has 0 atom stereocenters. The van der Waals surface area contributed by atoms with Crippen molar-refractivity contribution in [1.82, 2.24) is 4.90 Å². The SMILES string of the molecule is CCC(CC)N(C)C(=O)c1csc(C=CC(=O)O)c1. The minimum Gasteiger partial charge on any atom is -0.478 e. The molecule has 0 saturated carbocycles. The Balaban J connectivity index is 2.81. The number of carboxylic acids is 1. The minimum atomic E-state index is -0.990. The maximum atomic E-state index is 12.2. The topological polar surface area (TPSA) is 57.6 Å². The molecule has 1 aromatic heterocycles. The lowest BCUT2D eigenvalue weighted by Crippen LogP contribution is -2.36. The van der Waals surface area contributed by atoms with Crippen molar-refractivity contribution in [3.63, 3.8) is 0 Å². The highest BCUT2D eigenvalue weighted by Gasteiger charge is 2.19. The standard InChI is InChI=1S/C14H19NO3S/c1-4-11(5-2)15(3)14(18)10-8-12(19-9-10)6-7-13(16)17/h6-9,11H,4-5H2,1-3H3,(H,16,17). The van der Waals surface area contributed by atoms with Gasteiger partial charge in [-0.1, -0.05) is 13.8 Å². The zero-order valence-corrected chi connectivity index (χ0v) is 12.2. The van der Waals surface area contributed by atoms with Crippen LogP contribution in [0.25, 0.3) is 6.08 Å². The molecule has 0 saturated heterocycles. The molecular weight excluding hydrogens is 262 g/mol. The van der Waals surface area contributed by atoms with Crippen LogP contribution >= 0.6 is 11.3 Å². The van der Waals surface area contributed by atoms with Gasteiger partial charge >= 0.3 is 5.97 Å². The Hall–Kier alpha value is -1.62. The molecule has 0 bridgehead atoms. The van der Waals surface area contributed by atoms with Gasteiger partial charge in [0.1, 0.15) is 0 Å². The third kappa shape index (κ3) is 4.21. The van der Waals surface area contributed by atoms with E-state index in [1.165, 1.54) is 17.4 Å². The number of hydrogen-bond acceptors (Lipinski definition) is 3. The van der Waals surface area contributed by atoms with Crippen molar-refractivity contribution in [1.29, 1.82) is 0 Å². The van der Waals surface area contributed by atoms with Crippen molar-refractivity contribution in [3.8, 4) is 0 Å². The molecule has 0 unspecified atom stereocenters. The van der Waals surface area contributed by atoms with Gasteiger partial charge in [0.25, 0.3) is 5.91 Å². The third-order valence-electron chi connectivity index (χ3n) is 3.07. The molecule has 1 rings (SSSR count). The molecule has 1 aromatic rings. The second kappa shape index (κ2) is 7.09. The molecule has 1 heterocycles. The minimum absolute atomic E-state index is 0.0140. The van der Waals surface area contributed by atoms with E-state index in [1.54, 1.807) is 16.3 Å². The van der Waals surface area contributed by atoms with Crippen molar-refractivity contribution in [2.75, 3.05) is 7.05 Å². The fourth-order valence-corrected chi connectivity index (χ4v) is 2.69. The fourth-order valence-electron chi connectivity index (χ4n) is 1.91. The molecule has 104 valence electrons. The first-order valence-electron chi connectivity index (χ1n) is 6.26. The van der Waals surface area contributed by atoms with Crippen LogP contribution < -0.4 is 0 Å². The molecule has 19 heavy (non-hydrogen) atoms. The van der Waals surface area contributed by atoms with Crippen molar-refractivity contribution >= 4 is 29.3 Å². The number of amides is 1. The molecule has 0 aromatic carbocycles. The van der Waals surface area contributed by atoms with Gasteiger partial charge in [0, 0.05) is 29.4 Å². The molecule has 1 amide bonds. The van der Waals surface area contributed by atoms with Crippen LogP contribution in [0.5, 0.6) is 0 Å². The lowest BCUT2D eigenvalue weighted by molar-refractivity contribution is -0.131. The highest BCUT2D eigenvalue weighted by Crippen LogP contribution is 2.19. The van der Waals surface area contributed by atoms with Crippen LogP contribution in [0, 0.1) is 0 Å². The lowest BCUT2D eigenvalue weighted by Gasteiger charge is -2.25. The maximum Gasteiger partial charge on any atom is 0.328 e. The molecule has 4 nitrogen and oxygen atoms in total. The number of thiophene rings is 1. The summed E-state index contributed by atoms with van der Waals surface area (Å²) in [5, 5.41) is 10.3. The van der Waals surface area contributed by atoms with Crippen LogP contribution in [0.15, 0.2) is 17.5 Å². The van der Waals surface area contributed by atoms with E-state index in [0.29, 0.717) is 5.56 Å². The predicted octanol–water partition coefficient (Wildman–Crippen LogP) is 3.11. The second-order valence-corrected chi connectivity index (χ2v) is 5.24. The van der Waals surface area contributed by atoms with Gasteiger partial charge in [-0.3, -0.25) is 4.79 Å². The van der Waals surface area contributed by atoms with Gasteiger partial charge in [0.05, 0.1) is 5.56 Å². The number of nitrogens with zero attached hydrogens (tertiary/aromatic N) is 1. The van der Waals surface area contributed by atoms with E-state index in [2.05, 4.69) is 13.8 Å². The Morgan fingerprint density at radius 3 is 2.58 bits per heavy atom. The highest BCUT2D eigenvalue weighted by molar-refractivity contribution is 7.11. The quantitative estimate of drug-likeness (QED) is 0.815. The summed E-state index contributed by atoms with van der Waals surface area (Å²) in [6.45, 7) is 4.12. The number of carboxylic acid groups (broad SMARTS) is 1. The van der Waals surface area contributed by atoms with E-state index in [1.807, 2.05) is 7.05 Å². The van der Waals surface area contributed by atoms with E-state index in [4.69, 9.17) is 5.11 Å². The zero-order chi connectivity index (χ0) is 14.4. The molecule has 0 spiro atoms. The molecule has 0 fully saturated rings. The van der Waals surface area contributed by atoms with Gasteiger partial charge in [0.2, 0.25) is 0 Å². The number of aliphatic carboxylic acids is 1. The Kier molecular flexibility index (Phi) is 5.76. The van der Waals surface area contributed by atoms with E-state index >= 15 is 0 Å². The summed E-state index contributed by atoms with van der Waals surface area (Å²) in [6.07, 6.45) is 4.43. The number of hydrogen-bond donors (Lipinski definition) is 1. The number of rotatable bonds is 6. The molecule has 0 aliphatic carbocycles. The van der Waals surface area contributed by atoms with Crippen molar-refractivity contribution < 1.29 is 14.7 Å². The predicted molar refractivity (Wildman–Crippen MR) is 77.5 cm³/mol. The van der Waals surface area contributed by atoms with Crippen molar-refractivity contribution in [2.45, 2.75) is 32.7 Å². The molecule has 5 heteroatoms. The Morgan fingerprint density at radius 1 is 1.42 bits per heavy atom. The van der Waals surface area contributed by atoms with E-state index in [-0.39, 0.29) is 11.9 Å². The van der Waals surface area contributed by atoms with Crippen LogP contribution in [0.3, 0.4) is 0 Å². The van der Waals surface area contributed by atoms with Crippen LogP contribution in [0.1, 0.15) is 41.9 Å². The van der Waals surface area contributed by atoms with Gasteiger partial charge in [-0.2, -0.15) is 0 Å². The normalized spacial score (nSPS) is 11.2. The number of carbonyl (C=O) groups excluding carboxylic acids is 1. The van der Waals surface area contributed by atoms with Crippen molar-refractivity contribution in [2.24, 2.45) is 0 Å². The molecule has 1 N–H and O–H groups in total. The molecular formula is C14H19NO3S. The summed E-state index contributed by atoms with van der Waals surface area (Å²) < 4.78 is 0. The highest BCUT2D eigenvalue weighted by atomic mass is 32.1. The smallest absolute Gasteiger partial charge is 0.328 e. The summed E-state index contributed by atoms with van der Waals surface area (Å²) >= 11 is 1.37. The first-order valence-corrected chi connectivity index (χ1v) is 7.14. The summed E-state index contributed by atoms with van der Waals surface area (Å²) in [7, 11) is 1.81. The Labute approximate surface area is 117 Å². The molecule has 0 radical (unpaired) electrons. The summed E-state index contributed by atoms with van der Waals surface area (Å²) in [6, 6.07) is 1.97. The van der Waals surface area contributed by atoms with Crippen LogP contribution in [-0.4, -0.2) is 35.0 Å².